The Hall–Kier alpha value is -1.41. The molecule has 0 aromatic carbocycles. The molecule has 1 unspecified atom stereocenters. The lowest BCUT2D eigenvalue weighted by atomic mass is 10.4. The Balaban J connectivity index is 2.01. The van der Waals surface area contributed by atoms with E-state index in [1.165, 1.54) is 0 Å². The molecular weight excluding hydrogens is 266 g/mol. The van der Waals surface area contributed by atoms with E-state index < -0.39 is 0 Å². The Morgan fingerprint density at radius 3 is 3.05 bits per heavy atom. The van der Waals surface area contributed by atoms with Gasteiger partial charge >= 0.3 is 0 Å². The molecule has 104 valence electrons. The van der Waals surface area contributed by atoms with Crippen LogP contribution < -0.4 is 0 Å². The van der Waals surface area contributed by atoms with Crippen molar-refractivity contribution in [2.45, 2.75) is 37.2 Å². The van der Waals surface area contributed by atoms with Gasteiger partial charge in [-0.25, -0.2) is 0 Å². The van der Waals surface area contributed by atoms with Gasteiger partial charge in [-0.15, -0.1) is 10.2 Å². The summed E-state index contributed by atoms with van der Waals surface area (Å²) in [5.74, 6) is 1.34. The topological polar surface area (TPSA) is 78.9 Å². The Morgan fingerprint density at radius 2 is 2.37 bits per heavy atom. The second kappa shape index (κ2) is 6.67. The van der Waals surface area contributed by atoms with E-state index in [2.05, 4.69) is 20.3 Å². The van der Waals surface area contributed by atoms with Crippen LogP contribution in [0.5, 0.6) is 0 Å². The van der Waals surface area contributed by atoms with Crippen LogP contribution in [-0.2, 0) is 17.7 Å². The second-order valence-electron chi connectivity index (χ2n) is 3.96. The van der Waals surface area contributed by atoms with Gasteiger partial charge in [0.15, 0.2) is 11.0 Å². The van der Waals surface area contributed by atoms with Gasteiger partial charge in [-0.1, -0.05) is 23.8 Å². The average Bonchev–Trinajstić information content (AvgIpc) is 3.05. The van der Waals surface area contributed by atoms with Gasteiger partial charge in [-0.2, -0.15) is 4.98 Å². The molecule has 0 saturated carbocycles. The summed E-state index contributed by atoms with van der Waals surface area (Å²) < 4.78 is 12.2. The van der Waals surface area contributed by atoms with E-state index in [0.29, 0.717) is 12.5 Å². The standard InChI is InChI=1S/C11H17N5O2S/c1-4-9-13-10(18-15-9)8(2)19-11-14-12-7-16(11)5-6-17-3/h7-8H,4-6H2,1-3H3. The zero-order valence-corrected chi connectivity index (χ0v) is 12.1. The molecule has 2 aromatic rings. The van der Waals surface area contributed by atoms with E-state index in [9.17, 15) is 0 Å². The average molecular weight is 283 g/mol. The lowest BCUT2D eigenvalue weighted by Gasteiger charge is -2.07. The first-order chi connectivity index (χ1) is 9.24. The van der Waals surface area contributed by atoms with Crippen LogP contribution in [0.15, 0.2) is 16.0 Å². The van der Waals surface area contributed by atoms with Gasteiger partial charge in [0.2, 0.25) is 5.89 Å². The number of hydrogen-bond acceptors (Lipinski definition) is 7. The minimum Gasteiger partial charge on any atom is -0.383 e. The highest BCUT2D eigenvalue weighted by atomic mass is 32.2. The largest absolute Gasteiger partial charge is 0.383 e. The van der Waals surface area contributed by atoms with E-state index in [1.54, 1.807) is 25.2 Å². The third kappa shape index (κ3) is 3.54. The molecule has 0 aliphatic heterocycles. The molecule has 2 aromatic heterocycles. The minimum absolute atomic E-state index is 0.0401. The predicted octanol–water partition coefficient (Wildman–Crippen LogP) is 1.72. The number of thioether (sulfide) groups is 1. The zero-order valence-electron chi connectivity index (χ0n) is 11.2. The summed E-state index contributed by atoms with van der Waals surface area (Å²) in [5, 5.41) is 12.8. The van der Waals surface area contributed by atoms with Crippen LogP contribution in [0.1, 0.15) is 30.8 Å². The van der Waals surface area contributed by atoms with Gasteiger partial charge in [0.25, 0.3) is 0 Å². The van der Waals surface area contributed by atoms with E-state index in [-0.39, 0.29) is 5.25 Å². The van der Waals surface area contributed by atoms with Crippen molar-refractivity contribution in [1.82, 2.24) is 24.9 Å². The first-order valence-corrected chi connectivity index (χ1v) is 6.98. The van der Waals surface area contributed by atoms with Crippen LogP contribution in [0.3, 0.4) is 0 Å². The second-order valence-corrected chi connectivity index (χ2v) is 5.27. The van der Waals surface area contributed by atoms with Gasteiger partial charge in [-0.3, -0.25) is 0 Å². The first kappa shape index (κ1) is 14.0. The van der Waals surface area contributed by atoms with Crippen molar-refractivity contribution in [3.05, 3.63) is 18.0 Å². The molecule has 1 atom stereocenters. The van der Waals surface area contributed by atoms with Crippen molar-refractivity contribution in [3.63, 3.8) is 0 Å². The highest BCUT2D eigenvalue weighted by Gasteiger charge is 2.18. The Labute approximate surface area is 115 Å². The molecule has 0 aliphatic carbocycles. The maximum atomic E-state index is 5.22. The number of nitrogens with zero attached hydrogens (tertiary/aromatic N) is 5. The summed E-state index contributed by atoms with van der Waals surface area (Å²) in [6.45, 7) is 5.35. The van der Waals surface area contributed by atoms with Gasteiger partial charge < -0.3 is 13.8 Å². The first-order valence-electron chi connectivity index (χ1n) is 6.10. The molecule has 0 aliphatic rings. The summed E-state index contributed by atoms with van der Waals surface area (Å²) in [6, 6.07) is 0. The fraction of sp³-hybridized carbons (Fsp3) is 0.636. The molecular formula is C11H17N5O2S. The number of methoxy groups -OCH3 is 1. The van der Waals surface area contributed by atoms with Crippen LogP contribution in [0, 0.1) is 0 Å². The third-order valence-electron chi connectivity index (χ3n) is 2.55. The number of ether oxygens (including phenoxy) is 1. The molecule has 0 radical (unpaired) electrons. The summed E-state index contributed by atoms with van der Waals surface area (Å²) in [7, 11) is 1.67. The molecule has 0 saturated heterocycles. The lowest BCUT2D eigenvalue weighted by Crippen LogP contribution is -2.05. The van der Waals surface area contributed by atoms with E-state index in [1.807, 2.05) is 18.4 Å². The zero-order chi connectivity index (χ0) is 13.7. The molecule has 0 bridgehead atoms. The minimum atomic E-state index is 0.0401. The van der Waals surface area contributed by atoms with Gasteiger partial charge in [0.05, 0.1) is 11.9 Å². The smallest absolute Gasteiger partial charge is 0.239 e. The van der Waals surface area contributed by atoms with Crippen molar-refractivity contribution in [1.29, 1.82) is 0 Å². The molecule has 0 amide bonds. The lowest BCUT2D eigenvalue weighted by molar-refractivity contribution is 0.184. The maximum absolute atomic E-state index is 5.22. The number of aryl methyl sites for hydroxylation is 1. The predicted molar refractivity (Wildman–Crippen MR) is 69.8 cm³/mol. The highest BCUT2D eigenvalue weighted by molar-refractivity contribution is 7.99. The van der Waals surface area contributed by atoms with Crippen LogP contribution >= 0.6 is 11.8 Å². The van der Waals surface area contributed by atoms with Gasteiger partial charge in [0.1, 0.15) is 6.33 Å². The van der Waals surface area contributed by atoms with Crippen molar-refractivity contribution < 1.29 is 9.26 Å². The normalized spacial score (nSPS) is 12.8. The van der Waals surface area contributed by atoms with E-state index in [0.717, 1.165) is 23.9 Å². The molecule has 19 heavy (non-hydrogen) atoms. The van der Waals surface area contributed by atoms with Crippen molar-refractivity contribution in [3.8, 4) is 0 Å². The fourth-order valence-electron chi connectivity index (χ4n) is 1.46. The molecule has 2 rings (SSSR count). The number of aromatic nitrogens is 5. The number of hydrogen-bond donors (Lipinski definition) is 0. The Morgan fingerprint density at radius 1 is 1.53 bits per heavy atom. The quantitative estimate of drug-likeness (QED) is 0.716. The summed E-state index contributed by atoms with van der Waals surface area (Å²) in [4.78, 5) is 4.32. The third-order valence-corrected chi connectivity index (χ3v) is 3.63. The van der Waals surface area contributed by atoms with Gasteiger partial charge in [-0.05, 0) is 6.92 Å². The fourth-order valence-corrected chi connectivity index (χ4v) is 2.34. The Kier molecular flexibility index (Phi) is 4.92. The summed E-state index contributed by atoms with van der Waals surface area (Å²) in [6.07, 6.45) is 2.46. The highest BCUT2D eigenvalue weighted by Crippen LogP contribution is 2.32. The van der Waals surface area contributed by atoms with Crippen molar-refractivity contribution in [2.75, 3.05) is 13.7 Å². The molecule has 2 heterocycles. The monoisotopic (exact) mass is 283 g/mol. The molecule has 8 heteroatoms. The maximum Gasteiger partial charge on any atom is 0.239 e. The van der Waals surface area contributed by atoms with Crippen molar-refractivity contribution >= 4 is 11.8 Å². The van der Waals surface area contributed by atoms with Crippen LogP contribution in [0.4, 0.5) is 0 Å². The summed E-state index contributed by atoms with van der Waals surface area (Å²) in [5.41, 5.74) is 0. The SMILES string of the molecule is CCc1noc(C(C)Sc2nncn2CCOC)n1. The van der Waals surface area contributed by atoms with Crippen LogP contribution in [0.2, 0.25) is 0 Å². The molecule has 0 fully saturated rings. The van der Waals surface area contributed by atoms with E-state index >= 15 is 0 Å². The molecule has 0 spiro atoms. The van der Waals surface area contributed by atoms with Gasteiger partial charge in [0, 0.05) is 20.1 Å². The van der Waals surface area contributed by atoms with Crippen molar-refractivity contribution in [2.24, 2.45) is 0 Å². The Bertz CT molecular complexity index is 513. The van der Waals surface area contributed by atoms with Crippen LogP contribution in [0.25, 0.3) is 0 Å². The molecule has 0 N–H and O–H groups in total. The van der Waals surface area contributed by atoms with E-state index in [4.69, 9.17) is 9.26 Å². The number of rotatable bonds is 7. The summed E-state index contributed by atoms with van der Waals surface area (Å²) >= 11 is 1.54. The molecule has 7 nitrogen and oxygen atoms in total. The van der Waals surface area contributed by atoms with Crippen LogP contribution in [-0.4, -0.2) is 38.6 Å².